The number of hydrogen-bond donors (Lipinski definition) is 1. The second kappa shape index (κ2) is 7.63. The lowest BCUT2D eigenvalue weighted by molar-refractivity contribution is -0.126. The predicted molar refractivity (Wildman–Crippen MR) is 86.3 cm³/mol. The van der Waals surface area contributed by atoms with Gasteiger partial charge in [-0.15, -0.1) is 0 Å². The normalized spacial score (nSPS) is 23.1. The number of furan rings is 1. The first kappa shape index (κ1) is 15.3. The van der Waals surface area contributed by atoms with Gasteiger partial charge in [0.15, 0.2) is 0 Å². The maximum atomic E-state index is 12.4. The van der Waals surface area contributed by atoms with Gasteiger partial charge in [-0.2, -0.15) is 0 Å². The van der Waals surface area contributed by atoms with Crippen LogP contribution < -0.4 is 5.32 Å². The third-order valence-corrected chi connectivity index (χ3v) is 4.71. The van der Waals surface area contributed by atoms with Crippen molar-refractivity contribution < 1.29 is 9.21 Å². The Balaban J connectivity index is 1.46. The highest BCUT2D eigenvalue weighted by molar-refractivity contribution is 5.79. The van der Waals surface area contributed by atoms with E-state index >= 15 is 0 Å². The molecule has 0 aromatic carbocycles. The molecule has 1 aliphatic heterocycles. The molecule has 1 aromatic heterocycles. The van der Waals surface area contributed by atoms with Crippen LogP contribution in [0.25, 0.3) is 0 Å². The number of piperidine rings is 1. The third kappa shape index (κ3) is 4.23. The number of carbonyl (C=O) groups is 1. The van der Waals surface area contributed by atoms with Crippen molar-refractivity contribution in [3.05, 3.63) is 35.8 Å². The van der Waals surface area contributed by atoms with Gasteiger partial charge in [0.1, 0.15) is 5.76 Å². The first-order valence-corrected chi connectivity index (χ1v) is 8.51. The Morgan fingerprint density at radius 2 is 2.32 bits per heavy atom. The molecule has 3 rings (SSSR count). The Morgan fingerprint density at radius 1 is 1.36 bits per heavy atom. The fourth-order valence-corrected chi connectivity index (χ4v) is 3.45. The zero-order valence-electron chi connectivity index (χ0n) is 13.2. The van der Waals surface area contributed by atoms with E-state index in [2.05, 4.69) is 16.3 Å². The van der Waals surface area contributed by atoms with Crippen LogP contribution in [-0.4, -0.2) is 30.4 Å². The molecule has 1 aliphatic carbocycles. The summed E-state index contributed by atoms with van der Waals surface area (Å²) in [5.74, 6) is 1.32. The summed E-state index contributed by atoms with van der Waals surface area (Å²) < 4.78 is 5.41. The van der Waals surface area contributed by atoms with Crippen LogP contribution >= 0.6 is 0 Å². The number of hydrogen-bond acceptors (Lipinski definition) is 3. The molecule has 1 atom stereocenters. The molecule has 120 valence electrons. The maximum absolute atomic E-state index is 12.4. The van der Waals surface area contributed by atoms with Gasteiger partial charge in [0.2, 0.25) is 5.91 Å². The summed E-state index contributed by atoms with van der Waals surface area (Å²) in [6, 6.07) is 3.92. The minimum Gasteiger partial charge on any atom is -0.468 e. The topological polar surface area (TPSA) is 45.5 Å². The van der Waals surface area contributed by atoms with Crippen LogP contribution in [0.1, 0.15) is 44.3 Å². The number of amides is 1. The highest BCUT2D eigenvalue weighted by Gasteiger charge is 2.26. The van der Waals surface area contributed by atoms with E-state index in [-0.39, 0.29) is 11.8 Å². The molecular formula is C18H26N2O2. The number of carbonyl (C=O) groups excluding carboxylic acids is 1. The molecule has 2 heterocycles. The monoisotopic (exact) mass is 302 g/mol. The van der Waals surface area contributed by atoms with Gasteiger partial charge >= 0.3 is 0 Å². The van der Waals surface area contributed by atoms with Crippen molar-refractivity contribution in [3.63, 3.8) is 0 Å². The Hall–Kier alpha value is -1.55. The standard InChI is InChI=1S/C18H26N2O2/c21-18(19-12-15-6-2-1-3-7-15)16-8-4-10-20(13-16)14-17-9-5-11-22-17/h5-6,9,11,16H,1-4,7-8,10,12-14H2,(H,19,21). The van der Waals surface area contributed by atoms with Crippen LogP contribution in [0.4, 0.5) is 0 Å². The second-order valence-electron chi connectivity index (χ2n) is 6.48. The first-order valence-electron chi connectivity index (χ1n) is 8.51. The van der Waals surface area contributed by atoms with Crippen LogP contribution in [0, 0.1) is 5.92 Å². The van der Waals surface area contributed by atoms with Crippen LogP contribution in [-0.2, 0) is 11.3 Å². The molecule has 1 N–H and O–H groups in total. The molecule has 0 bridgehead atoms. The van der Waals surface area contributed by atoms with E-state index in [1.165, 1.54) is 24.8 Å². The van der Waals surface area contributed by atoms with E-state index in [4.69, 9.17) is 4.42 Å². The summed E-state index contributed by atoms with van der Waals surface area (Å²) in [5.41, 5.74) is 1.41. The van der Waals surface area contributed by atoms with Crippen molar-refractivity contribution in [2.75, 3.05) is 19.6 Å². The summed E-state index contributed by atoms with van der Waals surface area (Å²) in [6.07, 6.45) is 11.0. The van der Waals surface area contributed by atoms with Crippen molar-refractivity contribution in [1.82, 2.24) is 10.2 Å². The van der Waals surface area contributed by atoms with Crippen LogP contribution in [0.15, 0.2) is 34.5 Å². The summed E-state index contributed by atoms with van der Waals surface area (Å²) >= 11 is 0. The number of nitrogens with zero attached hydrogens (tertiary/aromatic N) is 1. The lowest BCUT2D eigenvalue weighted by Crippen LogP contribution is -2.43. The van der Waals surface area contributed by atoms with E-state index in [0.717, 1.165) is 51.2 Å². The highest BCUT2D eigenvalue weighted by atomic mass is 16.3. The SMILES string of the molecule is O=C(NCC1=CCCCC1)C1CCCN(Cc2ccco2)C1. The van der Waals surface area contributed by atoms with Crippen LogP contribution in [0.3, 0.4) is 0 Å². The van der Waals surface area contributed by atoms with Gasteiger partial charge in [0.25, 0.3) is 0 Å². The fraction of sp³-hybridized carbons (Fsp3) is 0.611. The molecular weight excluding hydrogens is 276 g/mol. The molecule has 1 unspecified atom stereocenters. The van der Waals surface area contributed by atoms with Crippen molar-refractivity contribution >= 4 is 5.91 Å². The summed E-state index contributed by atoms with van der Waals surface area (Å²) in [5, 5.41) is 3.14. The van der Waals surface area contributed by atoms with Crippen LogP contribution in [0.2, 0.25) is 0 Å². The highest BCUT2D eigenvalue weighted by Crippen LogP contribution is 2.20. The van der Waals surface area contributed by atoms with Crippen molar-refractivity contribution in [2.45, 2.75) is 45.1 Å². The molecule has 1 amide bonds. The predicted octanol–water partition coefficient (Wildman–Crippen LogP) is 3.11. The van der Waals surface area contributed by atoms with E-state index < -0.39 is 0 Å². The van der Waals surface area contributed by atoms with Crippen molar-refractivity contribution in [3.8, 4) is 0 Å². The molecule has 4 heteroatoms. The Kier molecular flexibility index (Phi) is 5.33. The molecule has 2 aliphatic rings. The Bertz CT molecular complexity index is 507. The smallest absolute Gasteiger partial charge is 0.224 e. The minimum absolute atomic E-state index is 0.118. The zero-order chi connectivity index (χ0) is 15.2. The van der Waals surface area contributed by atoms with Gasteiger partial charge in [0.05, 0.1) is 18.7 Å². The van der Waals surface area contributed by atoms with Crippen molar-refractivity contribution in [1.29, 1.82) is 0 Å². The summed E-state index contributed by atoms with van der Waals surface area (Å²) in [7, 11) is 0. The number of nitrogens with one attached hydrogen (secondary N) is 1. The van der Waals surface area contributed by atoms with E-state index in [1.54, 1.807) is 6.26 Å². The lowest BCUT2D eigenvalue weighted by Gasteiger charge is -2.31. The van der Waals surface area contributed by atoms with Gasteiger partial charge in [-0.25, -0.2) is 0 Å². The fourth-order valence-electron chi connectivity index (χ4n) is 3.45. The summed E-state index contributed by atoms with van der Waals surface area (Å²) in [4.78, 5) is 14.7. The molecule has 0 saturated carbocycles. The molecule has 1 aromatic rings. The van der Waals surface area contributed by atoms with Gasteiger partial charge in [-0.05, 0) is 57.2 Å². The molecule has 0 radical (unpaired) electrons. The van der Waals surface area contributed by atoms with Gasteiger partial charge < -0.3 is 9.73 Å². The maximum Gasteiger partial charge on any atom is 0.224 e. The largest absolute Gasteiger partial charge is 0.468 e. The molecule has 22 heavy (non-hydrogen) atoms. The van der Waals surface area contributed by atoms with E-state index in [1.807, 2.05) is 12.1 Å². The summed E-state index contributed by atoms with van der Waals surface area (Å²) in [6.45, 7) is 3.44. The first-order chi connectivity index (χ1) is 10.8. The molecule has 1 saturated heterocycles. The van der Waals surface area contributed by atoms with E-state index in [0.29, 0.717) is 0 Å². The second-order valence-corrected chi connectivity index (χ2v) is 6.48. The minimum atomic E-state index is 0.118. The number of rotatable bonds is 5. The Labute approximate surface area is 132 Å². The number of likely N-dealkylation sites (tertiary alicyclic amines) is 1. The number of allylic oxidation sites excluding steroid dienone is 1. The third-order valence-electron chi connectivity index (χ3n) is 4.71. The van der Waals surface area contributed by atoms with Crippen molar-refractivity contribution in [2.24, 2.45) is 5.92 Å². The average Bonchev–Trinajstić information content (AvgIpc) is 3.07. The average molecular weight is 302 g/mol. The van der Waals surface area contributed by atoms with Gasteiger partial charge in [-0.3, -0.25) is 9.69 Å². The van der Waals surface area contributed by atoms with Gasteiger partial charge in [-0.1, -0.05) is 11.6 Å². The molecule has 1 fully saturated rings. The molecule has 0 spiro atoms. The quantitative estimate of drug-likeness (QED) is 0.850. The van der Waals surface area contributed by atoms with Crippen LogP contribution in [0.5, 0.6) is 0 Å². The van der Waals surface area contributed by atoms with Gasteiger partial charge in [0, 0.05) is 13.1 Å². The Morgan fingerprint density at radius 3 is 3.09 bits per heavy atom. The molecule has 4 nitrogen and oxygen atoms in total. The lowest BCUT2D eigenvalue weighted by atomic mass is 9.96. The zero-order valence-corrected chi connectivity index (χ0v) is 13.2. The van der Waals surface area contributed by atoms with E-state index in [9.17, 15) is 4.79 Å².